The first-order chi connectivity index (χ1) is 9.77. The molecule has 2 aliphatic rings. The van der Waals surface area contributed by atoms with Crippen LogP contribution < -0.4 is 5.32 Å². The molecule has 5 nitrogen and oxygen atoms in total. The predicted octanol–water partition coefficient (Wildman–Crippen LogP) is 1.39. The van der Waals surface area contributed by atoms with E-state index >= 15 is 0 Å². The van der Waals surface area contributed by atoms with E-state index in [0.29, 0.717) is 13.0 Å². The van der Waals surface area contributed by atoms with Crippen molar-refractivity contribution in [1.82, 2.24) is 10.2 Å². The van der Waals surface area contributed by atoms with E-state index in [9.17, 15) is 13.2 Å². The summed E-state index contributed by atoms with van der Waals surface area (Å²) < 4.78 is 24.1. The van der Waals surface area contributed by atoms with Gasteiger partial charge < -0.3 is 4.90 Å². The van der Waals surface area contributed by atoms with E-state index in [2.05, 4.69) is 33.0 Å². The van der Waals surface area contributed by atoms with E-state index in [1.165, 1.54) is 0 Å². The molecule has 0 aromatic heterocycles. The van der Waals surface area contributed by atoms with Gasteiger partial charge in [-0.1, -0.05) is 34.1 Å². The Balaban J connectivity index is 2.17. The van der Waals surface area contributed by atoms with Gasteiger partial charge in [0, 0.05) is 6.54 Å². The van der Waals surface area contributed by atoms with Gasteiger partial charge in [-0.25, -0.2) is 8.42 Å². The van der Waals surface area contributed by atoms with Gasteiger partial charge in [0.25, 0.3) is 0 Å². The summed E-state index contributed by atoms with van der Waals surface area (Å²) in [5.41, 5.74) is 0. The third-order valence-corrected chi connectivity index (χ3v) is 7.20. The van der Waals surface area contributed by atoms with Gasteiger partial charge in [-0.05, 0) is 24.7 Å². The molecule has 2 aliphatic heterocycles. The summed E-state index contributed by atoms with van der Waals surface area (Å²) in [7, 11) is -3.01. The Kier molecular flexibility index (Phi) is 4.98. The number of hydrogen-bond acceptors (Lipinski definition) is 4. The van der Waals surface area contributed by atoms with Crippen LogP contribution in [0.15, 0.2) is 0 Å². The van der Waals surface area contributed by atoms with Gasteiger partial charge in [0.05, 0.1) is 23.2 Å². The minimum atomic E-state index is -3.01. The third kappa shape index (κ3) is 3.26. The Bertz CT molecular complexity index is 489. The summed E-state index contributed by atoms with van der Waals surface area (Å²) in [4.78, 5) is 14.5. The van der Waals surface area contributed by atoms with Gasteiger partial charge >= 0.3 is 0 Å². The van der Waals surface area contributed by atoms with Gasteiger partial charge in [-0.3, -0.25) is 10.1 Å². The molecule has 6 heteroatoms. The average Bonchev–Trinajstić information content (AvgIpc) is 2.91. The standard InChI is InChI=1S/C15H28N2O3S/c1-5-11(4)13-15(18)17(14(16-13)10(2)3)9-12-7-6-8-21(12,19)20/h10-14,16H,5-9H2,1-4H3. The molecule has 2 fully saturated rings. The fourth-order valence-electron chi connectivity index (χ4n) is 3.34. The molecule has 0 aromatic rings. The molecule has 0 saturated carbocycles. The molecular formula is C15H28N2O3S. The molecule has 2 rings (SSSR count). The van der Waals surface area contributed by atoms with Crippen molar-refractivity contribution in [2.45, 2.75) is 64.4 Å². The fourth-order valence-corrected chi connectivity index (χ4v) is 5.16. The van der Waals surface area contributed by atoms with Crippen LogP contribution in [0.3, 0.4) is 0 Å². The minimum Gasteiger partial charge on any atom is -0.324 e. The molecule has 0 radical (unpaired) electrons. The first kappa shape index (κ1) is 16.7. The maximum Gasteiger partial charge on any atom is 0.241 e. The lowest BCUT2D eigenvalue weighted by Crippen LogP contribution is -2.45. The molecule has 0 bridgehead atoms. The zero-order chi connectivity index (χ0) is 15.8. The number of carbonyl (C=O) groups is 1. The Morgan fingerprint density at radius 2 is 2.00 bits per heavy atom. The molecule has 4 unspecified atom stereocenters. The highest BCUT2D eigenvalue weighted by Gasteiger charge is 2.45. The quantitative estimate of drug-likeness (QED) is 0.832. The van der Waals surface area contributed by atoms with Gasteiger partial charge in [0.1, 0.15) is 0 Å². The minimum absolute atomic E-state index is 0.0488. The number of amides is 1. The van der Waals surface area contributed by atoms with E-state index < -0.39 is 9.84 Å². The summed E-state index contributed by atoms with van der Waals surface area (Å²) >= 11 is 0. The van der Waals surface area contributed by atoms with Crippen LogP contribution in [0.4, 0.5) is 0 Å². The topological polar surface area (TPSA) is 66.5 Å². The zero-order valence-corrected chi connectivity index (χ0v) is 14.3. The number of hydrogen-bond donors (Lipinski definition) is 1. The molecule has 1 N–H and O–H groups in total. The van der Waals surface area contributed by atoms with Crippen molar-refractivity contribution in [3.8, 4) is 0 Å². The monoisotopic (exact) mass is 316 g/mol. The van der Waals surface area contributed by atoms with Crippen LogP contribution in [0, 0.1) is 11.8 Å². The summed E-state index contributed by atoms with van der Waals surface area (Å²) in [5, 5.41) is 3.05. The molecule has 0 aromatic carbocycles. The molecule has 4 atom stereocenters. The lowest BCUT2D eigenvalue weighted by atomic mass is 9.99. The Labute approximate surface area is 128 Å². The second kappa shape index (κ2) is 6.24. The molecule has 2 heterocycles. The molecular weight excluding hydrogens is 288 g/mol. The Morgan fingerprint density at radius 3 is 2.48 bits per heavy atom. The highest BCUT2D eigenvalue weighted by molar-refractivity contribution is 7.92. The normalized spacial score (nSPS) is 33.9. The lowest BCUT2D eigenvalue weighted by Gasteiger charge is -2.29. The van der Waals surface area contributed by atoms with Crippen LogP contribution in [-0.4, -0.2) is 49.0 Å². The average molecular weight is 316 g/mol. The van der Waals surface area contributed by atoms with Crippen molar-refractivity contribution in [2.75, 3.05) is 12.3 Å². The number of carbonyl (C=O) groups excluding carboxylic acids is 1. The van der Waals surface area contributed by atoms with E-state index in [0.717, 1.165) is 12.8 Å². The second-order valence-electron chi connectivity index (χ2n) is 6.84. The summed E-state index contributed by atoms with van der Waals surface area (Å²) in [6, 6.07) is -0.175. The summed E-state index contributed by atoms with van der Waals surface area (Å²) in [6.07, 6.45) is 2.30. The number of sulfone groups is 1. The predicted molar refractivity (Wildman–Crippen MR) is 83.5 cm³/mol. The second-order valence-corrected chi connectivity index (χ2v) is 9.24. The van der Waals surface area contributed by atoms with Crippen molar-refractivity contribution >= 4 is 15.7 Å². The van der Waals surface area contributed by atoms with Crippen molar-refractivity contribution in [2.24, 2.45) is 11.8 Å². The van der Waals surface area contributed by atoms with Crippen molar-refractivity contribution < 1.29 is 13.2 Å². The molecule has 122 valence electrons. The maximum atomic E-state index is 12.7. The van der Waals surface area contributed by atoms with Crippen molar-refractivity contribution in [1.29, 1.82) is 0 Å². The summed E-state index contributed by atoms with van der Waals surface area (Å²) in [5.74, 6) is 0.884. The molecule has 2 saturated heterocycles. The van der Waals surface area contributed by atoms with Gasteiger partial charge in [-0.2, -0.15) is 0 Å². The highest BCUT2D eigenvalue weighted by Crippen LogP contribution is 2.27. The Hall–Kier alpha value is -0.620. The molecule has 0 spiro atoms. The maximum absolute atomic E-state index is 12.7. The van der Waals surface area contributed by atoms with Crippen LogP contribution in [0.2, 0.25) is 0 Å². The van der Waals surface area contributed by atoms with Crippen LogP contribution >= 0.6 is 0 Å². The summed E-state index contributed by atoms with van der Waals surface area (Å²) in [6.45, 7) is 8.64. The number of nitrogens with zero attached hydrogens (tertiary/aromatic N) is 1. The van der Waals surface area contributed by atoms with Crippen LogP contribution in [0.1, 0.15) is 47.0 Å². The van der Waals surface area contributed by atoms with Crippen LogP contribution in [0.5, 0.6) is 0 Å². The van der Waals surface area contributed by atoms with Gasteiger partial charge in [-0.15, -0.1) is 0 Å². The van der Waals surface area contributed by atoms with Gasteiger partial charge in [0.15, 0.2) is 9.84 Å². The van der Waals surface area contributed by atoms with E-state index in [1.807, 2.05) is 0 Å². The first-order valence-corrected chi connectivity index (χ1v) is 9.77. The van der Waals surface area contributed by atoms with E-state index in [1.54, 1.807) is 4.90 Å². The highest BCUT2D eigenvalue weighted by atomic mass is 32.2. The molecule has 0 aliphatic carbocycles. The van der Waals surface area contributed by atoms with E-state index in [-0.39, 0.29) is 41.0 Å². The van der Waals surface area contributed by atoms with E-state index in [4.69, 9.17) is 0 Å². The number of nitrogens with one attached hydrogen (secondary N) is 1. The third-order valence-electron chi connectivity index (χ3n) is 4.94. The first-order valence-electron chi connectivity index (χ1n) is 8.06. The lowest BCUT2D eigenvalue weighted by molar-refractivity contribution is -0.131. The smallest absolute Gasteiger partial charge is 0.241 e. The zero-order valence-electron chi connectivity index (χ0n) is 13.5. The Morgan fingerprint density at radius 1 is 1.33 bits per heavy atom. The van der Waals surface area contributed by atoms with Crippen LogP contribution in [0.25, 0.3) is 0 Å². The molecule has 1 amide bonds. The number of rotatable bonds is 5. The largest absolute Gasteiger partial charge is 0.324 e. The van der Waals surface area contributed by atoms with Crippen molar-refractivity contribution in [3.63, 3.8) is 0 Å². The molecule has 21 heavy (non-hydrogen) atoms. The van der Waals surface area contributed by atoms with Crippen molar-refractivity contribution in [3.05, 3.63) is 0 Å². The fraction of sp³-hybridized carbons (Fsp3) is 0.933. The van der Waals surface area contributed by atoms with Crippen LogP contribution in [-0.2, 0) is 14.6 Å². The SMILES string of the molecule is CCC(C)C1NC(C(C)C)N(CC2CCCS2(=O)=O)C1=O. The van der Waals surface area contributed by atoms with Gasteiger partial charge in [0.2, 0.25) is 5.91 Å².